The second kappa shape index (κ2) is 2.90. The maximum Gasteiger partial charge on any atom is 0.419 e. The number of pyridine rings is 1. The van der Waals surface area contributed by atoms with Crippen LogP contribution in [0.1, 0.15) is 0 Å². The van der Waals surface area contributed by atoms with Gasteiger partial charge in [0.25, 0.3) is 0 Å². The van der Waals surface area contributed by atoms with E-state index >= 15 is 0 Å². The number of hydrogen-bond donors (Lipinski definition) is 0. The summed E-state index contributed by atoms with van der Waals surface area (Å²) in [5.74, 6) is 0.210. The van der Waals surface area contributed by atoms with Gasteiger partial charge in [0.2, 0.25) is 0 Å². The highest BCUT2D eigenvalue weighted by atomic mass is 16.4. The first-order chi connectivity index (χ1) is 6.27. The van der Waals surface area contributed by atoms with E-state index in [1.807, 2.05) is 0 Å². The van der Waals surface area contributed by atoms with Crippen molar-refractivity contribution >= 4 is 0 Å². The van der Waals surface area contributed by atoms with Crippen molar-refractivity contribution in [3.05, 3.63) is 41.3 Å². The third-order valence-electron chi connectivity index (χ3n) is 1.76. The second-order valence-corrected chi connectivity index (χ2v) is 2.71. The van der Waals surface area contributed by atoms with Gasteiger partial charge in [0, 0.05) is 25.0 Å². The molecule has 2 aromatic rings. The van der Waals surface area contributed by atoms with Crippen LogP contribution >= 0.6 is 0 Å². The Morgan fingerprint density at radius 2 is 2.08 bits per heavy atom. The summed E-state index contributed by atoms with van der Waals surface area (Å²) in [5, 5.41) is 0. The number of aromatic nitrogens is 2. The predicted molar refractivity (Wildman–Crippen MR) is 47.2 cm³/mol. The first kappa shape index (κ1) is 7.79. The summed E-state index contributed by atoms with van der Waals surface area (Å²) < 4.78 is 6.38. The molecule has 0 radical (unpaired) electrons. The van der Waals surface area contributed by atoms with Crippen molar-refractivity contribution in [2.45, 2.75) is 0 Å². The zero-order valence-electron chi connectivity index (χ0n) is 7.10. The topological polar surface area (TPSA) is 48.0 Å². The summed E-state index contributed by atoms with van der Waals surface area (Å²) in [6.07, 6.45) is 4.96. The molecule has 4 heteroatoms. The number of oxazole rings is 1. The van der Waals surface area contributed by atoms with Gasteiger partial charge in [-0.25, -0.2) is 4.79 Å². The quantitative estimate of drug-likeness (QED) is 0.652. The van der Waals surface area contributed by atoms with E-state index in [2.05, 4.69) is 4.98 Å². The van der Waals surface area contributed by atoms with E-state index < -0.39 is 0 Å². The molecule has 0 atom stereocenters. The van der Waals surface area contributed by atoms with Gasteiger partial charge in [0.15, 0.2) is 5.76 Å². The molecule has 4 nitrogen and oxygen atoms in total. The van der Waals surface area contributed by atoms with Crippen molar-refractivity contribution in [3.8, 4) is 11.3 Å². The molecule has 2 aromatic heterocycles. The lowest BCUT2D eigenvalue weighted by molar-refractivity contribution is 0.505. The molecule has 0 spiro atoms. The predicted octanol–water partition coefficient (Wildman–Crippen LogP) is 1.04. The van der Waals surface area contributed by atoms with Gasteiger partial charge < -0.3 is 4.42 Å². The fraction of sp³-hybridized carbons (Fsp3) is 0.111. The van der Waals surface area contributed by atoms with E-state index in [1.54, 1.807) is 37.8 Å². The molecule has 2 rings (SSSR count). The highest BCUT2D eigenvalue weighted by Crippen LogP contribution is 2.15. The number of rotatable bonds is 1. The molecule has 0 unspecified atom stereocenters. The van der Waals surface area contributed by atoms with Crippen LogP contribution < -0.4 is 5.76 Å². The lowest BCUT2D eigenvalue weighted by atomic mass is 10.2. The zero-order chi connectivity index (χ0) is 9.26. The second-order valence-electron chi connectivity index (χ2n) is 2.71. The highest BCUT2D eigenvalue weighted by Gasteiger charge is 2.03. The van der Waals surface area contributed by atoms with E-state index in [4.69, 9.17) is 4.42 Å². The maximum atomic E-state index is 11.0. The van der Waals surface area contributed by atoms with E-state index in [1.165, 1.54) is 4.57 Å². The van der Waals surface area contributed by atoms with Gasteiger partial charge in [-0.1, -0.05) is 0 Å². The molecule has 0 fully saturated rings. The van der Waals surface area contributed by atoms with Gasteiger partial charge in [-0.3, -0.25) is 9.55 Å². The highest BCUT2D eigenvalue weighted by molar-refractivity contribution is 5.54. The molecule has 2 heterocycles. The molecule has 0 saturated heterocycles. The average Bonchev–Trinajstić information content (AvgIpc) is 2.49. The number of hydrogen-bond acceptors (Lipinski definition) is 3. The summed E-state index contributed by atoms with van der Waals surface area (Å²) in [7, 11) is 1.65. The Hall–Kier alpha value is -1.84. The fourth-order valence-corrected chi connectivity index (χ4v) is 1.07. The Morgan fingerprint density at radius 1 is 1.38 bits per heavy atom. The molecular formula is C9H8N2O2. The lowest BCUT2D eigenvalue weighted by Crippen LogP contribution is -2.06. The van der Waals surface area contributed by atoms with E-state index in [0.29, 0.717) is 5.76 Å². The molecule has 66 valence electrons. The van der Waals surface area contributed by atoms with E-state index in [9.17, 15) is 4.79 Å². The van der Waals surface area contributed by atoms with Gasteiger partial charge in [0.05, 0.1) is 6.20 Å². The molecular weight excluding hydrogens is 168 g/mol. The van der Waals surface area contributed by atoms with Crippen LogP contribution in [0, 0.1) is 0 Å². The van der Waals surface area contributed by atoms with Crippen molar-refractivity contribution in [3.63, 3.8) is 0 Å². The average molecular weight is 176 g/mol. The van der Waals surface area contributed by atoms with Crippen LogP contribution in [0.25, 0.3) is 11.3 Å². The van der Waals surface area contributed by atoms with Gasteiger partial charge in [-0.05, 0) is 12.1 Å². The number of aryl methyl sites for hydroxylation is 1. The van der Waals surface area contributed by atoms with Crippen molar-refractivity contribution < 1.29 is 4.42 Å². The molecule has 0 aliphatic carbocycles. The Balaban J connectivity index is 2.54. The summed E-state index contributed by atoms with van der Waals surface area (Å²) >= 11 is 0. The fourth-order valence-electron chi connectivity index (χ4n) is 1.07. The molecule has 0 saturated carbocycles. The minimum atomic E-state index is -0.355. The first-order valence-corrected chi connectivity index (χ1v) is 3.84. The van der Waals surface area contributed by atoms with Crippen molar-refractivity contribution in [2.24, 2.45) is 7.05 Å². The first-order valence-electron chi connectivity index (χ1n) is 3.84. The largest absolute Gasteiger partial charge is 0.419 e. The van der Waals surface area contributed by atoms with Gasteiger partial charge >= 0.3 is 5.76 Å². The standard InChI is InChI=1S/C9H8N2O2/c1-11-6-8(13-9(11)12)7-2-4-10-5-3-7/h2-6H,1H3. The third kappa shape index (κ3) is 1.38. The van der Waals surface area contributed by atoms with Crippen LogP contribution in [0.15, 0.2) is 39.9 Å². The van der Waals surface area contributed by atoms with Crippen LogP contribution in [-0.4, -0.2) is 9.55 Å². The molecule has 0 N–H and O–H groups in total. The van der Waals surface area contributed by atoms with Crippen LogP contribution in [0.2, 0.25) is 0 Å². The minimum Gasteiger partial charge on any atom is -0.408 e. The maximum absolute atomic E-state index is 11.0. The van der Waals surface area contributed by atoms with Crippen molar-refractivity contribution in [2.75, 3.05) is 0 Å². The summed E-state index contributed by atoms with van der Waals surface area (Å²) in [5.41, 5.74) is 0.854. The molecule has 0 amide bonds. The summed E-state index contributed by atoms with van der Waals surface area (Å²) in [6.45, 7) is 0. The lowest BCUT2D eigenvalue weighted by Gasteiger charge is -1.91. The Labute approximate surface area is 74.5 Å². The smallest absolute Gasteiger partial charge is 0.408 e. The van der Waals surface area contributed by atoms with Crippen LogP contribution in [0.5, 0.6) is 0 Å². The van der Waals surface area contributed by atoms with Crippen molar-refractivity contribution in [1.82, 2.24) is 9.55 Å². The van der Waals surface area contributed by atoms with E-state index in [0.717, 1.165) is 5.56 Å². The monoisotopic (exact) mass is 176 g/mol. The summed E-state index contributed by atoms with van der Waals surface area (Å²) in [6, 6.07) is 3.58. The SMILES string of the molecule is Cn1cc(-c2ccncc2)oc1=O. The molecule has 0 bridgehead atoms. The Morgan fingerprint density at radius 3 is 2.62 bits per heavy atom. The third-order valence-corrected chi connectivity index (χ3v) is 1.76. The van der Waals surface area contributed by atoms with Crippen LogP contribution in [0.4, 0.5) is 0 Å². The normalized spacial score (nSPS) is 10.2. The van der Waals surface area contributed by atoms with E-state index in [-0.39, 0.29) is 5.76 Å². The minimum absolute atomic E-state index is 0.355. The molecule has 13 heavy (non-hydrogen) atoms. The van der Waals surface area contributed by atoms with Crippen molar-refractivity contribution in [1.29, 1.82) is 0 Å². The van der Waals surface area contributed by atoms with Crippen LogP contribution in [-0.2, 0) is 7.05 Å². The van der Waals surface area contributed by atoms with Crippen LogP contribution in [0.3, 0.4) is 0 Å². The van der Waals surface area contributed by atoms with Gasteiger partial charge in [0.1, 0.15) is 0 Å². The van der Waals surface area contributed by atoms with Gasteiger partial charge in [-0.2, -0.15) is 0 Å². The summed E-state index contributed by atoms with van der Waals surface area (Å²) in [4.78, 5) is 14.9. The molecule has 0 aliphatic heterocycles. The molecule has 0 aliphatic rings. The Kier molecular flexibility index (Phi) is 1.73. The number of nitrogens with zero attached hydrogens (tertiary/aromatic N) is 2. The Bertz CT molecular complexity index is 456. The zero-order valence-corrected chi connectivity index (χ0v) is 7.10. The molecule has 0 aromatic carbocycles. The van der Waals surface area contributed by atoms with Gasteiger partial charge in [-0.15, -0.1) is 0 Å².